The normalized spacial score (nSPS) is 15.9. The first-order valence-electron chi connectivity index (χ1n) is 6.56. The van der Waals surface area contributed by atoms with Crippen LogP contribution in [0.1, 0.15) is 34.8 Å². The zero-order valence-electron chi connectivity index (χ0n) is 11.2. The van der Waals surface area contributed by atoms with Crippen LogP contribution in [0.5, 0.6) is 0 Å². The van der Waals surface area contributed by atoms with Crippen molar-refractivity contribution in [2.45, 2.75) is 18.8 Å². The fourth-order valence-electron chi connectivity index (χ4n) is 2.50. The van der Waals surface area contributed by atoms with Crippen molar-refractivity contribution in [3.63, 3.8) is 0 Å². The summed E-state index contributed by atoms with van der Waals surface area (Å²) in [6.07, 6.45) is 4.31. The molecule has 2 N–H and O–H groups in total. The first-order valence-corrected chi connectivity index (χ1v) is 6.56. The van der Waals surface area contributed by atoms with Crippen LogP contribution in [0, 0.1) is 0 Å². The van der Waals surface area contributed by atoms with Crippen molar-refractivity contribution in [1.29, 1.82) is 0 Å². The number of hydrogen-bond acceptors (Lipinski definition) is 3. The Morgan fingerprint density at radius 3 is 2.80 bits per heavy atom. The summed E-state index contributed by atoms with van der Waals surface area (Å²) in [5.74, 6) is -0.784. The van der Waals surface area contributed by atoms with Crippen molar-refractivity contribution in [3.05, 3.63) is 36.2 Å². The van der Waals surface area contributed by atoms with E-state index in [1.54, 1.807) is 17.2 Å². The molecule has 0 aromatic carbocycles. The van der Waals surface area contributed by atoms with Gasteiger partial charge in [0.05, 0.1) is 0 Å². The second-order valence-electron chi connectivity index (χ2n) is 4.74. The molecule has 0 radical (unpaired) electrons. The number of aromatic amines is 1. The van der Waals surface area contributed by atoms with Crippen LogP contribution >= 0.6 is 0 Å². The maximum atomic E-state index is 11.7. The summed E-state index contributed by atoms with van der Waals surface area (Å²) in [4.78, 5) is 27.2. The van der Waals surface area contributed by atoms with Crippen molar-refractivity contribution >= 4 is 12.1 Å². The van der Waals surface area contributed by atoms with E-state index in [0.717, 1.165) is 18.4 Å². The van der Waals surface area contributed by atoms with Gasteiger partial charge in [0.1, 0.15) is 12.3 Å². The molecule has 6 nitrogen and oxygen atoms in total. The van der Waals surface area contributed by atoms with E-state index >= 15 is 0 Å². The predicted octanol–water partition coefficient (Wildman–Crippen LogP) is 2.21. The number of carboxylic acid groups (broad SMARTS) is 1. The number of amides is 1. The number of aromatic nitrogens is 1. The SMILES string of the molecule is C=CCOC(=O)N1CCC(c2cc[nH]c2C(=O)O)CC1. The van der Waals surface area contributed by atoms with E-state index in [0.29, 0.717) is 13.1 Å². The van der Waals surface area contributed by atoms with Crippen LogP contribution in [0.3, 0.4) is 0 Å². The van der Waals surface area contributed by atoms with Crippen LogP contribution in [0.15, 0.2) is 24.9 Å². The predicted molar refractivity (Wildman–Crippen MR) is 72.8 cm³/mol. The second-order valence-corrected chi connectivity index (χ2v) is 4.74. The fraction of sp³-hybridized carbons (Fsp3) is 0.429. The lowest BCUT2D eigenvalue weighted by Crippen LogP contribution is -2.38. The van der Waals surface area contributed by atoms with Crippen LogP contribution in [-0.2, 0) is 4.74 Å². The quantitative estimate of drug-likeness (QED) is 0.827. The fourth-order valence-corrected chi connectivity index (χ4v) is 2.50. The highest BCUT2D eigenvalue weighted by Gasteiger charge is 2.27. The smallest absolute Gasteiger partial charge is 0.410 e. The van der Waals surface area contributed by atoms with Crippen molar-refractivity contribution in [2.24, 2.45) is 0 Å². The van der Waals surface area contributed by atoms with Gasteiger partial charge in [-0.05, 0) is 30.4 Å². The first-order chi connectivity index (χ1) is 9.63. The van der Waals surface area contributed by atoms with Gasteiger partial charge in [-0.1, -0.05) is 12.7 Å². The van der Waals surface area contributed by atoms with Gasteiger partial charge in [0.15, 0.2) is 0 Å². The van der Waals surface area contributed by atoms with E-state index in [1.165, 1.54) is 6.08 Å². The third kappa shape index (κ3) is 3.01. The molecule has 1 aliphatic rings. The van der Waals surface area contributed by atoms with Gasteiger partial charge >= 0.3 is 12.1 Å². The number of carbonyl (C=O) groups excluding carboxylic acids is 1. The number of H-pyrrole nitrogens is 1. The number of carboxylic acids is 1. The monoisotopic (exact) mass is 278 g/mol. The summed E-state index contributed by atoms with van der Waals surface area (Å²) < 4.78 is 4.99. The second kappa shape index (κ2) is 6.27. The Morgan fingerprint density at radius 2 is 2.20 bits per heavy atom. The molecule has 20 heavy (non-hydrogen) atoms. The van der Waals surface area contributed by atoms with Gasteiger partial charge in [-0.3, -0.25) is 0 Å². The summed E-state index contributed by atoms with van der Waals surface area (Å²) in [7, 11) is 0. The van der Waals surface area contributed by atoms with Crippen LogP contribution < -0.4 is 0 Å². The number of piperidine rings is 1. The molecule has 1 aromatic heterocycles. The van der Waals surface area contributed by atoms with E-state index in [2.05, 4.69) is 11.6 Å². The maximum absolute atomic E-state index is 11.7. The molecule has 1 aromatic rings. The lowest BCUT2D eigenvalue weighted by Gasteiger charge is -2.31. The molecule has 1 aliphatic heterocycles. The highest BCUT2D eigenvalue weighted by molar-refractivity contribution is 5.87. The minimum atomic E-state index is -0.946. The molecule has 1 amide bonds. The highest BCUT2D eigenvalue weighted by Crippen LogP contribution is 2.30. The summed E-state index contributed by atoms with van der Waals surface area (Å²) >= 11 is 0. The maximum Gasteiger partial charge on any atom is 0.410 e. The van der Waals surface area contributed by atoms with Crippen LogP contribution in [0.25, 0.3) is 0 Å². The Morgan fingerprint density at radius 1 is 1.50 bits per heavy atom. The molecular weight excluding hydrogens is 260 g/mol. The number of nitrogens with zero attached hydrogens (tertiary/aromatic N) is 1. The van der Waals surface area contributed by atoms with Gasteiger partial charge in [0, 0.05) is 19.3 Å². The molecule has 108 valence electrons. The zero-order valence-corrected chi connectivity index (χ0v) is 11.2. The van der Waals surface area contributed by atoms with Gasteiger partial charge < -0.3 is 19.7 Å². The summed E-state index contributed by atoms with van der Waals surface area (Å²) in [5.41, 5.74) is 1.06. The Bertz CT molecular complexity index is 501. The lowest BCUT2D eigenvalue weighted by atomic mass is 9.89. The first kappa shape index (κ1) is 14.2. The Labute approximate surface area is 117 Å². The minimum Gasteiger partial charge on any atom is -0.477 e. The van der Waals surface area contributed by atoms with Crippen LogP contribution in [-0.4, -0.2) is 46.7 Å². The number of nitrogens with one attached hydrogen (secondary N) is 1. The van der Waals surface area contributed by atoms with E-state index in [-0.39, 0.29) is 24.3 Å². The summed E-state index contributed by atoms with van der Waals surface area (Å²) in [6, 6.07) is 1.81. The molecule has 1 fully saturated rings. The number of aromatic carboxylic acids is 1. The van der Waals surface area contributed by atoms with Crippen LogP contribution in [0.4, 0.5) is 4.79 Å². The van der Waals surface area contributed by atoms with Gasteiger partial charge in [-0.25, -0.2) is 9.59 Å². The molecule has 0 aliphatic carbocycles. The topological polar surface area (TPSA) is 82.6 Å². The van der Waals surface area contributed by atoms with Gasteiger partial charge in [0.2, 0.25) is 0 Å². The Balaban J connectivity index is 1.94. The Hall–Kier alpha value is -2.24. The number of carbonyl (C=O) groups is 2. The van der Waals surface area contributed by atoms with E-state index < -0.39 is 5.97 Å². The van der Waals surface area contributed by atoms with Gasteiger partial charge in [-0.2, -0.15) is 0 Å². The summed E-state index contributed by atoms with van der Waals surface area (Å²) in [5, 5.41) is 9.10. The van der Waals surface area contributed by atoms with E-state index in [9.17, 15) is 9.59 Å². The number of rotatable bonds is 4. The number of hydrogen-bond donors (Lipinski definition) is 2. The average Bonchev–Trinajstić information content (AvgIpc) is 2.94. The molecule has 1 saturated heterocycles. The molecule has 2 heterocycles. The standard InChI is InChI=1S/C14H18N2O4/c1-2-9-20-14(19)16-7-4-10(5-8-16)11-3-6-15-12(11)13(17)18/h2-3,6,10,15H,1,4-5,7-9H2,(H,17,18). The number of likely N-dealkylation sites (tertiary alicyclic amines) is 1. The van der Waals surface area contributed by atoms with Gasteiger partial charge in [0.25, 0.3) is 0 Å². The van der Waals surface area contributed by atoms with Crippen molar-refractivity contribution in [1.82, 2.24) is 9.88 Å². The zero-order chi connectivity index (χ0) is 14.5. The average molecular weight is 278 g/mol. The third-order valence-electron chi connectivity index (χ3n) is 3.51. The van der Waals surface area contributed by atoms with Crippen LogP contribution in [0.2, 0.25) is 0 Å². The van der Waals surface area contributed by atoms with Crippen molar-refractivity contribution < 1.29 is 19.4 Å². The largest absolute Gasteiger partial charge is 0.477 e. The molecule has 2 rings (SSSR count). The third-order valence-corrected chi connectivity index (χ3v) is 3.51. The molecule has 6 heteroatoms. The molecule has 0 bridgehead atoms. The lowest BCUT2D eigenvalue weighted by molar-refractivity contribution is 0.0687. The molecule has 0 spiro atoms. The number of ether oxygens (including phenoxy) is 1. The molecule has 0 unspecified atom stereocenters. The molecular formula is C14H18N2O4. The highest BCUT2D eigenvalue weighted by atomic mass is 16.6. The minimum absolute atomic E-state index is 0.163. The van der Waals surface area contributed by atoms with Crippen molar-refractivity contribution in [2.75, 3.05) is 19.7 Å². The molecule has 0 saturated carbocycles. The van der Waals surface area contributed by atoms with Crippen molar-refractivity contribution in [3.8, 4) is 0 Å². The Kier molecular flexibility index (Phi) is 4.45. The molecule has 0 atom stereocenters. The van der Waals surface area contributed by atoms with Gasteiger partial charge in [-0.15, -0.1) is 0 Å². The van der Waals surface area contributed by atoms with E-state index in [4.69, 9.17) is 9.84 Å². The summed E-state index contributed by atoms with van der Waals surface area (Å²) in [6.45, 7) is 4.85. The van der Waals surface area contributed by atoms with E-state index in [1.807, 2.05) is 0 Å².